The number of ketones is 3. The lowest BCUT2D eigenvalue weighted by Gasteiger charge is -2.60. The number of carbonyl (C=O) groups excluding carboxylic acids is 3. The molecule has 6 heteroatoms. The molecular weight excluding hydrogens is 420 g/mol. The number of hydrogen-bond acceptors (Lipinski definition) is 5. The summed E-state index contributed by atoms with van der Waals surface area (Å²) in [5.74, 6) is -0.948. The highest BCUT2D eigenvalue weighted by Gasteiger charge is 2.70. The molecule has 2 N–H and O–H groups in total. The zero-order valence-electron chi connectivity index (χ0n) is 20.8. The summed E-state index contributed by atoms with van der Waals surface area (Å²) in [7, 11) is 0. The van der Waals surface area contributed by atoms with Gasteiger partial charge < -0.3 is 10.2 Å². The van der Waals surface area contributed by atoms with E-state index in [9.17, 15) is 24.3 Å². The summed E-state index contributed by atoms with van der Waals surface area (Å²) in [6.45, 7) is 11.8. The van der Waals surface area contributed by atoms with Gasteiger partial charge in [-0.15, -0.1) is 0 Å². The molecule has 0 bridgehead atoms. The van der Waals surface area contributed by atoms with Gasteiger partial charge in [-0.3, -0.25) is 19.2 Å². The topological polar surface area (TPSA) is 109 Å². The van der Waals surface area contributed by atoms with Crippen LogP contribution in [0.15, 0.2) is 11.1 Å². The van der Waals surface area contributed by atoms with Crippen LogP contribution in [0.5, 0.6) is 0 Å². The molecule has 0 amide bonds. The number of fused-ring (bicyclic) bond motifs is 4. The molecule has 4 aliphatic rings. The molecule has 0 aliphatic heterocycles. The van der Waals surface area contributed by atoms with Gasteiger partial charge in [-0.25, -0.2) is 0 Å². The first-order valence-electron chi connectivity index (χ1n) is 12.4. The molecule has 0 spiro atoms. The van der Waals surface area contributed by atoms with Gasteiger partial charge >= 0.3 is 5.97 Å². The number of carboxylic acids is 1. The van der Waals surface area contributed by atoms with Crippen molar-refractivity contribution >= 4 is 23.3 Å². The van der Waals surface area contributed by atoms with E-state index in [2.05, 4.69) is 6.92 Å². The first-order valence-corrected chi connectivity index (χ1v) is 12.4. The number of carbonyl (C=O) groups is 4. The molecule has 2 saturated carbocycles. The molecule has 2 fully saturated rings. The molecule has 4 aliphatic carbocycles. The maximum Gasteiger partial charge on any atom is 0.303 e. The number of hydrogen-bond donors (Lipinski definition) is 2. The molecule has 33 heavy (non-hydrogen) atoms. The van der Waals surface area contributed by atoms with Crippen molar-refractivity contribution in [2.24, 2.45) is 39.4 Å². The van der Waals surface area contributed by atoms with Crippen LogP contribution in [-0.2, 0) is 19.2 Å². The van der Waals surface area contributed by atoms with Crippen LogP contribution >= 0.6 is 0 Å². The molecule has 0 aromatic carbocycles. The van der Waals surface area contributed by atoms with Crippen LogP contribution in [0, 0.1) is 39.4 Å². The van der Waals surface area contributed by atoms with Crippen LogP contribution in [-0.4, -0.2) is 39.6 Å². The van der Waals surface area contributed by atoms with E-state index in [1.807, 2.05) is 34.6 Å². The molecule has 0 saturated heterocycles. The van der Waals surface area contributed by atoms with Gasteiger partial charge in [-0.05, 0) is 54.9 Å². The second-order valence-corrected chi connectivity index (χ2v) is 12.4. The van der Waals surface area contributed by atoms with Crippen molar-refractivity contribution in [1.29, 1.82) is 0 Å². The Morgan fingerprint density at radius 2 is 1.73 bits per heavy atom. The minimum Gasteiger partial charge on any atom is -0.481 e. The molecule has 182 valence electrons. The van der Waals surface area contributed by atoms with E-state index in [1.165, 1.54) is 0 Å². The van der Waals surface area contributed by atoms with E-state index in [0.717, 1.165) is 0 Å². The summed E-state index contributed by atoms with van der Waals surface area (Å²) in [6.07, 6.45) is 1.42. The van der Waals surface area contributed by atoms with Gasteiger partial charge in [0.25, 0.3) is 0 Å². The number of aliphatic carboxylic acids is 1. The van der Waals surface area contributed by atoms with Crippen molar-refractivity contribution in [1.82, 2.24) is 0 Å². The fourth-order valence-corrected chi connectivity index (χ4v) is 8.47. The molecule has 4 rings (SSSR count). The largest absolute Gasteiger partial charge is 0.481 e. The Hall–Kier alpha value is -1.82. The van der Waals surface area contributed by atoms with Crippen molar-refractivity contribution in [3.63, 3.8) is 0 Å². The van der Waals surface area contributed by atoms with E-state index < -0.39 is 33.7 Å². The Balaban J connectivity index is 1.85. The van der Waals surface area contributed by atoms with Crippen LogP contribution in [0.4, 0.5) is 0 Å². The first kappa shape index (κ1) is 24.3. The average Bonchev–Trinajstić information content (AvgIpc) is 2.92. The molecule has 0 aromatic heterocycles. The predicted octanol–water partition coefficient (Wildman–Crippen LogP) is 4.13. The zero-order valence-corrected chi connectivity index (χ0v) is 20.8. The smallest absolute Gasteiger partial charge is 0.303 e. The fraction of sp³-hybridized carbons (Fsp3) is 0.778. The highest BCUT2D eigenvalue weighted by Crippen LogP contribution is 2.70. The summed E-state index contributed by atoms with van der Waals surface area (Å²) in [4.78, 5) is 51.5. The van der Waals surface area contributed by atoms with E-state index in [1.54, 1.807) is 0 Å². The molecule has 0 heterocycles. The lowest BCUT2D eigenvalue weighted by Crippen LogP contribution is -2.60. The van der Waals surface area contributed by atoms with E-state index >= 15 is 0 Å². The molecular formula is C27H38O6. The normalized spacial score (nSPS) is 43.1. The van der Waals surface area contributed by atoms with Crippen LogP contribution in [0.1, 0.15) is 86.5 Å². The van der Waals surface area contributed by atoms with Crippen molar-refractivity contribution in [2.75, 3.05) is 0 Å². The Kier molecular flexibility index (Phi) is 5.41. The molecule has 0 unspecified atom stereocenters. The number of carboxylic acid groups (broad SMARTS) is 1. The molecule has 0 aromatic rings. The van der Waals surface area contributed by atoms with Gasteiger partial charge in [0.2, 0.25) is 0 Å². The molecule has 0 radical (unpaired) electrons. The Labute approximate surface area is 196 Å². The SMILES string of the molecule is C[C@@H](CCC(=O)O)[C@H]1CC(=O)[C@@]2(C)C3=C(C(=O)C[C@]12C)[C@@]1(C)CCC(=O)C(C)(C)[C@@H]1C[C@@H]3O. The van der Waals surface area contributed by atoms with E-state index in [-0.39, 0.29) is 47.9 Å². The standard InChI is InChI=1S/C27H38O6/c1-14(7-8-21(32)33)15-11-20(31)27(6)23-16(28)12-18-24(2,3)19(30)9-10-25(18,4)22(23)17(29)13-26(15,27)5/h14-16,18,28H,7-13H2,1-6H3,(H,32,33)/t14-,15+,16-,18-,25-,26+,27-/m0/s1. The van der Waals surface area contributed by atoms with Crippen molar-refractivity contribution in [2.45, 2.75) is 92.6 Å². The number of Topliss-reactive ketones (excluding diaryl/α,β-unsaturated/α-hetero) is 3. The van der Waals surface area contributed by atoms with Gasteiger partial charge in [0, 0.05) is 42.1 Å². The van der Waals surface area contributed by atoms with Crippen molar-refractivity contribution < 1.29 is 29.4 Å². The van der Waals surface area contributed by atoms with Crippen molar-refractivity contribution in [3.05, 3.63) is 11.1 Å². The van der Waals surface area contributed by atoms with Crippen LogP contribution in [0.25, 0.3) is 0 Å². The Bertz CT molecular complexity index is 975. The second kappa shape index (κ2) is 7.34. The molecule has 6 nitrogen and oxygen atoms in total. The Morgan fingerprint density at radius 1 is 1.09 bits per heavy atom. The third kappa shape index (κ3) is 3.01. The quantitative estimate of drug-likeness (QED) is 0.656. The lowest BCUT2D eigenvalue weighted by molar-refractivity contribution is -0.147. The highest BCUT2D eigenvalue weighted by atomic mass is 16.4. The predicted molar refractivity (Wildman–Crippen MR) is 122 cm³/mol. The van der Waals surface area contributed by atoms with E-state index in [0.29, 0.717) is 43.3 Å². The zero-order chi connectivity index (χ0) is 24.7. The first-order chi connectivity index (χ1) is 15.1. The second-order valence-electron chi connectivity index (χ2n) is 12.4. The third-order valence-electron chi connectivity index (χ3n) is 10.6. The summed E-state index contributed by atoms with van der Waals surface area (Å²) in [6, 6.07) is 0. The van der Waals surface area contributed by atoms with Gasteiger partial charge in [0.1, 0.15) is 11.6 Å². The monoisotopic (exact) mass is 458 g/mol. The summed E-state index contributed by atoms with van der Waals surface area (Å²) < 4.78 is 0. The fourth-order valence-electron chi connectivity index (χ4n) is 8.47. The van der Waals surface area contributed by atoms with Crippen LogP contribution < -0.4 is 0 Å². The summed E-state index contributed by atoms with van der Waals surface area (Å²) >= 11 is 0. The molecule has 7 atom stereocenters. The average molecular weight is 459 g/mol. The van der Waals surface area contributed by atoms with Gasteiger partial charge in [-0.2, -0.15) is 0 Å². The lowest BCUT2D eigenvalue weighted by atomic mass is 9.42. The summed E-state index contributed by atoms with van der Waals surface area (Å²) in [5, 5.41) is 20.6. The highest BCUT2D eigenvalue weighted by molar-refractivity contribution is 6.05. The van der Waals surface area contributed by atoms with Crippen molar-refractivity contribution in [3.8, 4) is 0 Å². The minimum absolute atomic E-state index is 0.00786. The van der Waals surface area contributed by atoms with Gasteiger partial charge in [0.15, 0.2) is 5.78 Å². The number of rotatable bonds is 4. The van der Waals surface area contributed by atoms with Crippen LogP contribution in [0.3, 0.4) is 0 Å². The Morgan fingerprint density at radius 3 is 2.33 bits per heavy atom. The number of allylic oxidation sites excluding steroid dienone is 1. The maximum absolute atomic E-state index is 13.9. The number of aliphatic hydroxyl groups is 1. The van der Waals surface area contributed by atoms with E-state index in [4.69, 9.17) is 5.11 Å². The third-order valence-corrected chi connectivity index (χ3v) is 10.6. The van der Waals surface area contributed by atoms with Gasteiger partial charge in [-0.1, -0.05) is 34.6 Å². The maximum atomic E-state index is 13.9. The van der Waals surface area contributed by atoms with Crippen LogP contribution in [0.2, 0.25) is 0 Å². The minimum atomic E-state index is -0.961. The number of aliphatic hydroxyl groups excluding tert-OH is 1. The van der Waals surface area contributed by atoms with Gasteiger partial charge in [0.05, 0.1) is 11.5 Å². The summed E-state index contributed by atoms with van der Waals surface area (Å²) in [5.41, 5.74) is -1.59.